The quantitative estimate of drug-likeness (QED) is 0.763. The van der Waals surface area contributed by atoms with E-state index in [1.165, 1.54) is 38.9 Å². The van der Waals surface area contributed by atoms with Gasteiger partial charge in [0, 0.05) is 17.8 Å². The highest BCUT2D eigenvalue weighted by Crippen LogP contribution is 2.33. The lowest BCUT2D eigenvalue weighted by atomic mass is 9.87. The van der Waals surface area contributed by atoms with Crippen LogP contribution in [0, 0.1) is 34.6 Å². The third-order valence-electron chi connectivity index (χ3n) is 4.42. The van der Waals surface area contributed by atoms with E-state index in [2.05, 4.69) is 59.8 Å². The molecule has 1 aromatic heterocycles. The normalized spacial score (nSPS) is 11.4. The fraction of sp³-hybridized carbons (Fsp3) is 0.471. The minimum Gasteiger partial charge on any atom is -0.270 e. The lowest BCUT2D eigenvalue weighted by Crippen LogP contribution is -2.00. The lowest BCUT2D eigenvalue weighted by Gasteiger charge is -2.17. The van der Waals surface area contributed by atoms with Crippen molar-refractivity contribution in [1.29, 1.82) is 0 Å². The Bertz CT molecular complexity index is 589. The number of benzene rings is 1. The molecule has 2 rings (SSSR count). The molecule has 0 aliphatic heterocycles. The van der Waals surface area contributed by atoms with Crippen LogP contribution in [0.2, 0.25) is 0 Å². The van der Waals surface area contributed by atoms with Gasteiger partial charge in [-0.25, -0.2) is 0 Å². The van der Waals surface area contributed by atoms with Gasteiger partial charge in [0.05, 0.1) is 6.20 Å². The highest BCUT2D eigenvalue weighted by atomic mass is 15.3. The van der Waals surface area contributed by atoms with Gasteiger partial charge in [-0.1, -0.05) is 0 Å². The van der Waals surface area contributed by atoms with Gasteiger partial charge in [-0.15, -0.1) is 0 Å². The van der Waals surface area contributed by atoms with Gasteiger partial charge >= 0.3 is 0 Å². The Morgan fingerprint density at radius 3 is 1.74 bits per heavy atom. The molecule has 0 atom stereocenters. The Labute approximate surface area is 116 Å². The minimum atomic E-state index is 0.405. The van der Waals surface area contributed by atoms with E-state index >= 15 is 0 Å². The van der Waals surface area contributed by atoms with Crippen molar-refractivity contribution in [2.75, 3.05) is 0 Å². The van der Waals surface area contributed by atoms with Crippen molar-refractivity contribution in [3.8, 4) is 11.1 Å². The van der Waals surface area contributed by atoms with E-state index < -0.39 is 0 Å². The summed E-state index contributed by atoms with van der Waals surface area (Å²) in [4.78, 5) is 0. The molecule has 0 fully saturated rings. The summed E-state index contributed by atoms with van der Waals surface area (Å²) in [5.41, 5.74) is 9.55. The van der Waals surface area contributed by atoms with Gasteiger partial charge in [0.2, 0.25) is 0 Å². The first-order valence-electron chi connectivity index (χ1n) is 6.96. The number of rotatable bonds is 2. The van der Waals surface area contributed by atoms with Gasteiger partial charge in [0.1, 0.15) is 0 Å². The summed E-state index contributed by atoms with van der Waals surface area (Å²) in [5.74, 6) is 0. The van der Waals surface area contributed by atoms with Crippen molar-refractivity contribution in [3.63, 3.8) is 0 Å². The highest BCUT2D eigenvalue weighted by Gasteiger charge is 2.15. The second-order valence-corrected chi connectivity index (χ2v) is 5.80. The van der Waals surface area contributed by atoms with Gasteiger partial charge in [-0.3, -0.25) is 4.68 Å². The molecule has 0 saturated heterocycles. The van der Waals surface area contributed by atoms with E-state index in [1.807, 2.05) is 10.9 Å². The van der Waals surface area contributed by atoms with E-state index in [1.54, 1.807) is 0 Å². The molecule has 0 spiro atoms. The zero-order valence-electron chi connectivity index (χ0n) is 13.1. The summed E-state index contributed by atoms with van der Waals surface area (Å²) >= 11 is 0. The third-order valence-corrected chi connectivity index (χ3v) is 4.42. The monoisotopic (exact) mass is 256 g/mol. The van der Waals surface area contributed by atoms with Gasteiger partial charge in [0.15, 0.2) is 0 Å². The molecule has 1 aromatic carbocycles. The number of hydrogen-bond donors (Lipinski definition) is 0. The molecule has 0 bridgehead atoms. The van der Waals surface area contributed by atoms with Crippen LogP contribution < -0.4 is 0 Å². The Morgan fingerprint density at radius 2 is 1.32 bits per heavy atom. The lowest BCUT2D eigenvalue weighted by molar-refractivity contribution is 0.532. The molecule has 19 heavy (non-hydrogen) atoms. The number of hydrogen-bond acceptors (Lipinski definition) is 1. The SMILES string of the molecule is Cc1c(C)c(C)c(-c2cnn(C(C)C)c2)c(C)c1C. The molecule has 0 radical (unpaired) electrons. The minimum absolute atomic E-state index is 0.405. The van der Waals surface area contributed by atoms with Crippen molar-refractivity contribution in [1.82, 2.24) is 9.78 Å². The maximum Gasteiger partial charge on any atom is 0.0568 e. The molecular formula is C17H24N2. The summed E-state index contributed by atoms with van der Waals surface area (Å²) in [6, 6.07) is 0.405. The molecule has 2 nitrogen and oxygen atoms in total. The van der Waals surface area contributed by atoms with E-state index in [0.29, 0.717) is 6.04 Å². The summed E-state index contributed by atoms with van der Waals surface area (Å²) in [7, 11) is 0. The van der Waals surface area contributed by atoms with Crippen molar-refractivity contribution in [2.45, 2.75) is 54.5 Å². The van der Waals surface area contributed by atoms with Gasteiger partial charge in [-0.05, 0) is 81.8 Å². The van der Waals surface area contributed by atoms with Crippen molar-refractivity contribution in [3.05, 3.63) is 40.2 Å². The second-order valence-electron chi connectivity index (χ2n) is 5.80. The van der Waals surface area contributed by atoms with Crippen LogP contribution in [0.4, 0.5) is 0 Å². The third kappa shape index (κ3) is 2.20. The molecule has 0 aliphatic rings. The predicted molar refractivity (Wildman–Crippen MR) is 81.7 cm³/mol. The highest BCUT2D eigenvalue weighted by molar-refractivity contribution is 5.73. The topological polar surface area (TPSA) is 17.8 Å². The maximum absolute atomic E-state index is 4.47. The number of aromatic nitrogens is 2. The molecule has 0 aliphatic carbocycles. The van der Waals surface area contributed by atoms with Crippen molar-refractivity contribution in [2.24, 2.45) is 0 Å². The average molecular weight is 256 g/mol. The van der Waals surface area contributed by atoms with Crippen LogP contribution in [0.25, 0.3) is 11.1 Å². The molecule has 0 N–H and O–H groups in total. The predicted octanol–water partition coefficient (Wildman–Crippen LogP) is 4.67. The Kier molecular flexibility index (Phi) is 3.53. The Morgan fingerprint density at radius 1 is 0.842 bits per heavy atom. The first-order chi connectivity index (χ1) is 8.84. The van der Waals surface area contributed by atoms with E-state index in [0.717, 1.165) is 0 Å². The van der Waals surface area contributed by atoms with Gasteiger partial charge in [-0.2, -0.15) is 5.10 Å². The van der Waals surface area contributed by atoms with Crippen molar-refractivity contribution >= 4 is 0 Å². The number of nitrogens with zero attached hydrogens (tertiary/aromatic N) is 2. The largest absolute Gasteiger partial charge is 0.270 e. The van der Waals surface area contributed by atoms with Crippen LogP contribution in [-0.4, -0.2) is 9.78 Å². The molecule has 2 heteroatoms. The molecule has 0 amide bonds. The summed E-state index contributed by atoms with van der Waals surface area (Å²) in [5, 5.41) is 4.47. The standard InChI is InChI=1S/C17H24N2/c1-10(2)19-9-16(8-18-19)17-14(6)12(4)11(3)13(5)15(17)7/h8-10H,1-7H3. The molecule has 2 aromatic rings. The summed E-state index contributed by atoms with van der Waals surface area (Å²) in [6.07, 6.45) is 4.15. The Hall–Kier alpha value is -1.57. The molecule has 1 heterocycles. The van der Waals surface area contributed by atoms with Gasteiger partial charge in [0.25, 0.3) is 0 Å². The summed E-state index contributed by atoms with van der Waals surface area (Å²) in [6.45, 7) is 15.4. The Balaban J connectivity index is 2.68. The van der Waals surface area contributed by atoms with Crippen LogP contribution in [0.15, 0.2) is 12.4 Å². The maximum atomic E-state index is 4.47. The zero-order valence-corrected chi connectivity index (χ0v) is 13.1. The molecular weight excluding hydrogens is 232 g/mol. The van der Waals surface area contributed by atoms with Crippen LogP contribution in [0.3, 0.4) is 0 Å². The fourth-order valence-electron chi connectivity index (χ4n) is 2.68. The van der Waals surface area contributed by atoms with Gasteiger partial charge < -0.3 is 0 Å². The van der Waals surface area contributed by atoms with Crippen LogP contribution >= 0.6 is 0 Å². The van der Waals surface area contributed by atoms with Crippen LogP contribution in [0.1, 0.15) is 47.7 Å². The van der Waals surface area contributed by atoms with Crippen LogP contribution in [-0.2, 0) is 0 Å². The summed E-state index contributed by atoms with van der Waals surface area (Å²) < 4.78 is 2.03. The van der Waals surface area contributed by atoms with Crippen LogP contribution in [0.5, 0.6) is 0 Å². The second kappa shape index (κ2) is 4.84. The van der Waals surface area contributed by atoms with E-state index in [9.17, 15) is 0 Å². The van der Waals surface area contributed by atoms with E-state index in [-0.39, 0.29) is 0 Å². The molecule has 0 saturated carbocycles. The zero-order chi connectivity index (χ0) is 14.3. The average Bonchev–Trinajstić information content (AvgIpc) is 2.84. The fourth-order valence-corrected chi connectivity index (χ4v) is 2.68. The first kappa shape index (κ1) is 13.9. The first-order valence-corrected chi connectivity index (χ1v) is 6.96. The molecule has 102 valence electrons. The van der Waals surface area contributed by atoms with E-state index in [4.69, 9.17) is 0 Å². The smallest absolute Gasteiger partial charge is 0.0568 e. The molecule has 0 unspecified atom stereocenters. The van der Waals surface area contributed by atoms with Crippen molar-refractivity contribution < 1.29 is 0 Å².